The molecule has 0 aliphatic carbocycles. The molecule has 0 atom stereocenters. The van der Waals surface area contributed by atoms with Crippen LogP contribution in [0.2, 0.25) is 0 Å². The van der Waals surface area contributed by atoms with E-state index in [1.807, 2.05) is 6.92 Å². The van der Waals surface area contributed by atoms with Crippen LogP contribution >= 0.6 is 0 Å². The van der Waals surface area contributed by atoms with Crippen molar-refractivity contribution in [3.63, 3.8) is 0 Å². The van der Waals surface area contributed by atoms with Gasteiger partial charge in [-0.15, -0.1) is 0 Å². The van der Waals surface area contributed by atoms with E-state index in [0.717, 1.165) is 0 Å². The van der Waals surface area contributed by atoms with Crippen LogP contribution in [-0.2, 0) is 4.79 Å². The van der Waals surface area contributed by atoms with Crippen LogP contribution in [0.3, 0.4) is 0 Å². The van der Waals surface area contributed by atoms with Gasteiger partial charge in [0.25, 0.3) is 5.91 Å². The molecular formula is C13H20N4O2. The first kappa shape index (κ1) is 14.8. The Labute approximate surface area is 113 Å². The number of carbonyl (C=O) groups excluding carboxylic acids is 2. The van der Waals surface area contributed by atoms with Gasteiger partial charge in [-0.25, -0.2) is 0 Å². The Bertz CT molecular complexity index is 474. The molecule has 4 N–H and O–H groups in total. The number of nitrogens with one attached hydrogen (secondary N) is 2. The first-order valence-corrected chi connectivity index (χ1v) is 6.09. The van der Waals surface area contributed by atoms with Crippen LogP contribution in [0.5, 0.6) is 0 Å². The summed E-state index contributed by atoms with van der Waals surface area (Å²) >= 11 is 0. The van der Waals surface area contributed by atoms with Gasteiger partial charge in [0.05, 0.1) is 17.9 Å². The number of hydrogen-bond acceptors (Lipinski definition) is 4. The zero-order valence-corrected chi connectivity index (χ0v) is 11.5. The number of hydrogen-bond donors (Lipinski definition) is 3. The van der Waals surface area contributed by atoms with E-state index in [-0.39, 0.29) is 18.4 Å². The molecule has 0 aliphatic rings. The molecule has 0 unspecified atom stereocenters. The molecule has 104 valence electrons. The monoisotopic (exact) mass is 264 g/mol. The molecule has 0 spiro atoms. The summed E-state index contributed by atoms with van der Waals surface area (Å²) in [5.74, 6) is -0.276. The van der Waals surface area contributed by atoms with E-state index < -0.39 is 0 Å². The number of amides is 2. The number of anilines is 2. The van der Waals surface area contributed by atoms with Gasteiger partial charge in [-0.3, -0.25) is 9.59 Å². The average molecular weight is 264 g/mol. The van der Waals surface area contributed by atoms with Crippen molar-refractivity contribution >= 4 is 23.2 Å². The molecule has 0 saturated carbocycles. The maximum atomic E-state index is 11.6. The third kappa shape index (κ3) is 3.87. The van der Waals surface area contributed by atoms with E-state index in [1.165, 1.54) is 0 Å². The fraction of sp³-hybridized carbons (Fsp3) is 0.385. The van der Waals surface area contributed by atoms with E-state index >= 15 is 0 Å². The van der Waals surface area contributed by atoms with Gasteiger partial charge in [0.15, 0.2) is 0 Å². The van der Waals surface area contributed by atoms with Gasteiger partial charge in [0.2, 0.25) is 5.91 Å². The van der Waals surface area contributed by atoms with Crippen LogP contribution in [0, 0.1) is 0 Å². The highest BCUT2D eigenvalue weighted by molar-refractivity contribution is 5.96. The van der Waals surface area contributed by atoms with Crippen molar-refractivity contribution in [3.05, 3.63) is 23.8 Å². The molecule has 2 amide bonds. The molecule has 0 aromatic heterocycles. The number of nitrogens with zero attached hydrogens (tertiary/aromatic N) is 1. The second kappa shape index (κ2) is 6.63. The minimum Gasteiger partial charge on any atom is -0.397 e. The average Bonchev–Trinajstić information content (AvgIpc) is 2.38. The van der Waals surface area contributed by atoms with Crippen molar-refractivity contribution in [2.75, 3.05) is 37.8 Å². The van der Waals surface area contributed by atoms with Crippen molar-refractivity contribution in [1.82, 2.24) is 10.6 Å². The number of rotatable bonds is 5. The lowest BCUT2D eigenvalue weighted by Gasteiger charge is -2.21. The zero-order valence-electron chi connectivity index (χ0n) is 11.5. The maximum absolute atomic E-state index is 11.6. The van der Waals surface area contributed by atoms with Gasteiger partial charge in [0.1, 0.15) is 0 Å². The van der Waals surface area contributed by atoms with Crippen LogP contribution in [0.25, 0.3) is 0 Å². The highest BCUT2D eigenvalue weighted by Gasteiger charge is 2.12. The largest absolute Gasteiger partial charge is 0.397 e. The number of carbonyl (C=O) groups is 2. The fourth-order valence-corrected chi connectivity index (χ4v) is 1.71. The minimum atomic E-state index is -0.187. The van der Waals surface area contributed by atoms with Crippen molar-refractivity contribution < 1.29 is 9.59 Å². The van der Waals surface area contributed by atoms with E-state index in [2.05, 4.69) is 10.6 Å². The summed E-state index contributed by atoms with van der Waals surface area (Å²) in [6.07, 6.45) is 0. The van der Waals surface area contributed by atoms with E-state index in [0.29, 0.717) is 23.5 Å². The molecule has 19 heavy (non-hydrogen) atoms. The first-order chi connectivity index (χ1) is 8.99. The molecule has 0 saturated heterocycles. The number of likely N-dealkylation sites (N-methyl/N-ethyl adjacent to an activating group) is 2. The third-order valence-electron chi connectivity index (χ3n) is 2.69. The second-order valence-electron chi connectivity index (χ2n) is 4.16. The Kier molecular flexibility index (Phi) is 5.17. The highest BCUT2D eigenvalue weighted by atomic mass is 16.2. The van der Waals surface area contributed by atoms with Crippen molar-refractivity contribution in [2.45, 2.75) is 6.92 Å². The number of nitrogen functional groups attached to an aromatic ring is 1. The molecule has 1 rings (SSSR count). The molecule has 0 heterocycles. The summed E-state index contributed by atoms with van der Waals surface area (Å²) in [5, 5.41) is 5.26. The lowest BCUT2D eigenvalue weighted by Crippen LogP contribution is -2.35. The Morgan fingerprint density at radius 3 is 2.63 bits per heavy atom. The molecule has 0 radical (unpaired) electrons. The topological polar surface area (TPSA) is 87.5 Å². The van der Waals surface area contributed by atoms with Gasteiger partial charge in [-0.1, -0.05) is 0 Å². The summed E-state index contributed by atoms with van der Waals surface area (Å²) in [7, 11) is 3.32. The number of benzene rings is 1. The summed E-state index contributed by atoms with van der Waals surface area (Å²) in [4.78, 5) is 24.8. The molecule has 6 heteroatoms. The minimum absolute atomic E-state index is 0.0882. The Hall–Kier alpha value is -2.24. The van der Waals surface area contributed by atoms with E-state index in [4.69, 9.17) is 5.73 Å². The summed E-state index contributed by atoms with van der Waals surface area (Å²) < 4.78 is 0. The Balaban J connectivity index is 2.92. The van der Waals surface area contributed by atoms with Gasteiger partial charge < -0.3 is 21.3 Å². The van der Waals surface area contributed by atoms with Crippen molar-refractivity contribution in [2.24, 2.45) is 0 Å². The number of nitrogens with two attached hydrogens (primary N) is 1. The molecule has 6 nitrogen and oxygen atoms in total. The zero-order chi connectivity index (χ0) is 14.4. The first-order valence-electron chi connectivity index (χ1n) is 6.09. The van der Waals surface area contributed by atoms with Gasteiger partial charge in [-0.2, -0.15) is 0 Å². The molecule has 1 aromatic carbocycles. The molecule has 0 fully saturated rings. The SMILES string of the molecule is CCNC(=O)CN(C)c1cc(C(=O)NC)ccc1N. The van der Waals surface area contributed by atoms with Gasteiger partial charge in [0, 0.05) is 26.2 Å². The smallest absolute Gasteiger partial charge is 0.251 e. The fourth-order valence-electron chi connectivity index (χ4n) is 1.71. The molecule has 1 aromatic rings. The molecule has 0 bridgehead atoms. The quantitative estimate of drug-likeness (QED) is 0.663. The van der Waals surface area contributed by atoms with Crippen LogP contribution in [-0.4, -0.2) is 39.0 Å². The summed E-state index contributed by atoms with van der Waals surface area (Å²) in [6.45, 7) is 2.63. The lowest BCUT2D eigenvalue weighted by molar-refractivity contribution is -0.119. The normalized spacial score (nSPS) is 9.84. The Morgan fingerprint density at radius 1 is 1.37 bits per heavy atom. The third-order valence-corrected chi connectivity index (χ3v) is 2.69. The predicted molar refractivity (Wildman–Crippen MR) is 76.2 cm³/mol. The van der Waals surface area contributed by atoms with Gasteiger partial charge >= 0.3 is 0 Å². The molecular weight excluding hydrogens is 244 g/mol. The second-order valence-corrected chi connectivity index (χ2v) is 4.16. The van der Waals surface area contributed by atoms with Crippen molar-refractivity contribution in [1.29, 1.82) is 0 Å². The van der Waals surface area contributed by atoms with Crippen LogP contribution in [0.15, 0.2) is 18.2 Å². The summed E-state index contributed by atoms with van der Waals surface area (Å²) in [5.41, 5.74) is 7.57. The Morgan fingerprint density at radius 2 is 2.05 bits per heavy atom. The molecule has 0 aliphatic heterocycles. The van der Waals surface area contributed by atoms with Crippen LogP contribution < -0.4 is 21.3 Å². The van der Waals surface area contributed by atoms with Gasteiger partial charge in [-0.05, 0) is 25.1 Å². The maximum Gasteiger partial charge on any atom is 0.251 e. The van der Waals surface area contributed by atoms with E-state index in [9.17, 15) is 9.59 Å². The van der Waals surface area contributed by atoms with Crippen LogP contribution in [0.1, 0.15) is 17.3 Å². The van der Waals surface area contributed by atoms with Crippen molar-refractivity contribution in [3.8, 4) is 0 Å². The van der Waals surface area contributed by atoms with Crippen LogP contribution in [0.4, 0.5) is 11.4 Å². The highest BCUT2D eigenvalue weighted by Crippen LogP contribution is 2.23. The standard InChI is InChI=1S/C13H20N4O2/c1-4-16-12(18)8-17(3)11-7-9(13(19)15-2)5-6-10(11)14/h5-7H,4,8,14H2,1-3H3,(H,15,19)(H,16,18). The lowest BCUT2D eigenvalue weighted by atomic mass is 10.1. The van der Waals surface area contributed by atoms with E-state index in [1.54, 1.807) is 37.2 Å². The summed E-state index contributed by atoms with van der Waals surface area (Å²) in [6, 6.07) is 4.99. The predicted octanol–water partition coefficient (Wildman–Crippen LogP) is 0.201.